The lowest BCUT2D eigenvalue weighted by Gasteiger charge is -2.24. The van der Waals surface area contributed by atoms with Crippen LogP contribution in [-0.2, 0) is 10.0 Å². The first-order chi connectivity index (χ1) is 15.1. The summed E-state index contributed by atoms with van der Waals surface area (Å²) < 4.78 is 32.8. The van der Waals surface area contributed by atoms with Crippen molar-refractivity contribution in [1.29, 1.82) is 0 Å². The fourth-order valence-electron chi connectivity index (χ4n) is 3.08. The van der Waals surface area contributed by atoms with Crippen molar-refractivity contribution >= 4 is 27.3 Å². The molecule has 11 heteroatoms. The summed E-state index contributed by atoms with van der Waals surface area (Å²) >= 11 is 0. The van der Waals surface area contributed by atoms with Crippen molar-refractivity contribution in [2.24, 2.45) is 0 Å². The molecule has 0 unspecified atom stereocenters. The van der Waals surface area contributed by atoms with E-state index in [0.717, 1.165) is 12.6 Å². The highest BCUT2D eigenvalue weighted by molar-refractivity contribution is 7.92. The number of nitro groups is 1. The molecule has 0 atom stereocenters. The van der Waals surface area contributed by atoms with Gasteiger partial charge in [-0.05, 0) is 50.7 Å². The molecule has 0 spiro atoms. The Bertz CT molecular complexity index is 1050. The van der Waals surface area contributed by atoms with Crippen molar-refractivity contribution in [1.82, 2.24) is 10.2 Å². The second-order valence-corrected chi connectivity index (χ2v) is 8.93. The van der Waals surface area contributed by atoms with Gasteiger partial charge in [-0.2, -0.15) is 0 Å². The zero-order chi connectivity index (χ0) is 23.9. The van der Waals surface area contributed by atoms with E-state index in [1.165, 1.54) is 43.5 Å². The minimum atomic E-state index is -4.06. The number of amides is 1. The number of ether oxygens (including phenoxy) is 1. The largest absolute Gasteiger partial charge is 0.495 e. The number of carbonyl (C=O) groups is 1. The molecule has 174 valence electrons. The zero-order valence-electron chi connectivity index (χ0n) is 18.5. The van der Waals surface area contributed by atoms with E-state index in [2.05, 4.69) is 35.7 Å². The molecule has 0 radical (unpaired) electrons. The molecule has 0 saturated heterocycles. The standard InChI is InChI=1S/C21H28N4O6S/c1-5-24(15(2)3)13-12-22-21(26)16-6-9-18(10-7-16)32(29,30)23-19-14-17(25(27)28)8-11-20(19)31-4/h6-11,14-15,23H,5,12-13H2,1-4H3,(H,22,26). The van der Waals surface area contributed by atoms with Crippen LogP contribution in [0.25, 0.3) is 0 Å². The van der Waals surface area contributed by atoms with E-state index in [-0.39, 0.29) is 27.9 Å². The van der Waals surface area contributed by atoms with Gasteiger partial charge >= 0.3 is 0 Å². The van der Waals surface area contributed by atoms with Crippen LogP contribution in [0.15, 0.2) is 47.4 Å². The number of anilines is 1. The predicted octanol–water partition coefficient (Wildman–Crippen LogP) is 2.86. The van der Waals surface area contributed by atoms with E-state index in [9.17, 15) is 23.3 Å². The first-order valence-electron chi connectivity index (χ1n) is 10.1. The third-order valence-electron chi connectivity index (χ3n) is 4.89. The molecule has 1 amide bonds. The van der Waals surface area contributed by atoms with E-state index in [1.807, 2.05) is 0 Å². The fraction of sp³-hybridized carbons (Fsp3) is 0.381. The van der Waals surface area contributed by atoms with Gasteiger partial charge in [0.2, 0.25) is 0 Å². The monoisotopic (exact) mass is 464 g/mol. The molecule has 0 saturated carbocycles. The molecule has 0 aliphatic heterocycles. The van der Waals surface area contributed by atoms with Gasteiger partial charge in [0.25, 0.3) is 21.6 Å². The van der Waals surface area contributed by atoms with Crippen molar-refractivity contribution in [3.05, 3.63) is 58.1 Å². The van der Waals surface area contributed by atoms with Gasteiger partial charge in [-0.15, -0.1) is 0 Å². The maximum Gasteiger partial charge on any atom is 0.271 e. The van der Waals surface area contributed by atoms with Gasteiger partial charge in [0.15, 0.2) is 0 Å². The summed E-state index contributed by atoms with van der Waals surface area (Å²) in [6.45, 7) is 8.28. The molecule has 2 rings (SSSR count). The number of sulfonamides is 1. The number of likely N-dealkylation sites (N-methyl/N-ethyl adjacent to an activating group) is 1. The van der Waals surface area contributed by atoms with Crippen molar-refractivity contribution in [3.63, 3.8) is 0 Å². The summed E-state index contributed by atoms with van der Waals surface area (Å²) in [6, 6.07) is 9.39. The van der Waals surface area contributed by atoms with Gasteiger partial charge in [-0.3, -0.25) is 24.5 Å². The highest BCUT2D eigenvalue weighted by Gasteiger charge is 2.20. The number of carbonyl (C=O) groups excluding carboxylic acids is 1. The van der Waals surface area contributed by atoms with E-state index < -0.39 is 14.9 Å². The molecule has 32 heavy (non-hydrogen) atoms. The summed E-state index contributed by atoms with van der Waals surface area (Å²) in [5.41, 5.74) is -0.0201. The highest BCUT2D eigenvalue weighted by Crippen LogP contribution is 2.30. The Morgan fingerprint density at radius 1 is 1.19 bits per heavy atom. The maximum atomic E-state index is 12.7. The topological polar surface area (TPSA) is 131 Å². The summed E-state index contributed by atoms with van der Waals surface area (Å²) in [5.74, 6) is -0.167. The van der Waals surface area contributed by atoms with Crippen LogP contribution >= 0.6 is 0 Å². The number of nitro benzene ring substituents is 1. The Hall–Kier alpha value is -3.18. The highest BCUT2D eigenvalue weighted by atomic mass is 32.2. The Labute approximate surface area is 187 Å². The second-order valence-electron chi connectivity index (χ2n) is 7.25. The average molecular weight is 465 g/mol. The predicted molar refractivity (Wildman–Crippen MR) is 122 cm³/mol. The first-order valence-corrected chi connectivity index (χ1v) is 11.5. The Kier molecular flexibility index (Phi) is 8.56. The quantitative estimate of drug-likeness (QED) is 0.386. The SMILES string of the molecule is CCN(CCNC(=O)c1ccc(S(=O)(=O)Nc2cc([N+](=O)[O-])ccc2OC)cc1)C(C)C. The van der Waals surface area contributed by atoms with Crippen LogP contribution in [0.3, 0.4) is 0 Å². The molecule has 0 heterocycles. The average Bonchev–Trinajstić information content (AvgIpc) is 2.76. The lowest BCUT2D eigenvalue weighted by Crippen LogP contribution is -2.38. The normalized spacial score (nSPS) is 11.4. The van der Waals surface area contributed by atoms with Crippen LogP contribution in [0.2, 0.25) is 0 Å². The van der Waals surface area contributed by atoms with Crippen LogP contribution in [0.1, 0.15) is 31.1 Å². The van der Waals surface area contributed by atoms with Crippen molar-refractivity contribution < 1.29 is 22.9 Å². The third-order valence-corrected chi connectivity index (χ3v) is 6.27. The molecular formula is C21H28N4O6S. The number of non-ortho nitro benzene ring substituents is 1. The Morgan fingerprint density at radius 3 is 2.38 bits per heavy atom. The van der Waals surface area contributed by atoms with Gasteiger partial charge < -0.3 is 10.1 Å². The second kappa shape index (κ2) is 10.9. The van der Waals surface area contributed by atoms with Crippen LogP contribution in [0.5, 0.6) is 5.75 Å². The number of nitrogens with one attached hydrogen (secondary N) is 2. The number of nitrogens with zero attached hydrogens (tertiary/aromatic N) is 2. The molecule has 0 aromatic heterocycles. The zero-order valence-corrected chi connectivity index (χ0v) is 19.3. The maximum absolute atomic E-state index is 12.7. The minimum absolute atomic E-state index is 0.0610. The number of rotatable bonds is 11. The minimum Gasteiger partial charge on any atom is -0.495 e. The molecule has 2 aromatic carbocycles. The van der Waals surface area contributed by atoms with Crippen LogP contribution in [-0.4, -0.2) is 56.9 Å². The van der Waals surface area contributed by atoms with Gasteiger partial charge in [-0.25, -0.2) is 8.42 Å². The van der Waals surface area contributed by atoms with E-state index >= 15 is 0 Å². The summed E-state index contributed by atoms with van der Waals surface area (Å²) in [4.78, 5) is 24.8. The molecule has 2 aromatic rings. The lowest BCUT2D eigenvalue weighted by atomic mass is 10.2. The van der Waals surface area contributed by atoms with Crippen molar-refractivity contribution in [3.8, 4) is 5.75 Å². The summed E-state index contributed by atoms with van der Waals surface area (Å²) in [5, 5.41) is 13.8. The Morgan fingerprint density at radius 2 is 1.84 bits per heavy atom. The molecule has 0 aliphatic rings. The van der Waals surface area contributed by atoms with Gasteiger partial charge in [0.1, 0.15) is 5.75 Å². The number of hydrogen-bond donors (Lipinski definition) is 2. The number of hydrogen-bond acceptors (Lipinski definition) is 7. The summed E-state index contributed by atoms with van der Waals surface area (Å²) in [6.07, 6.45) is 0. The van der Waals surface area contributed by atoms with Crippen LogP contribution in [0.4, 0.5) is 11.4 Å². The lowest BCUT2D eigenvalue weighted by molar-refractivity contribution is -0.384. The molecular weight excluding hydrogens is 436 g/mol. The molecule has 0 bridgehead atoms. The van der Waals surface area contributed by atoms with Gasteiger partial charge in [0.05, 0.1) is 22.6 Å². The molecule has 0 aliphatic carbocycles. The fourth-order valence-corrected chi connectivity index (χ4v) is 4.14. The van der Waals surface area contributed by atoms with E-state index in [1.54, 1.807) is 0 Å². The third kappa shape index (κ3) is 6.41. The molecule has 0 fully saturated rings. The van der Waals surface area contributed by atoms with Gasteiger partial charge in [0, 0.05) is 36.8 Å². The van der Waals surface area contributed by atoms with Crippen molar-refractivity contribution in [2.75, 3.05) is 31.5 Å². The van der Waals surface area contributed by atoms with Crippen LogP contribution in [0, 0.1) is 10.1 Å². The molecule has 2 N–H and O–H groups in total. The van der Waals surface area contributed by atoms with Gasteiger partial charge in [-0.1, -0.05) is 6.92 Å². The smallest absolute Gasteiger partial charge is 0.271 e. The molecule has 10 nitrogen and oxygen atoms in total. The summed E-state index contributed by atoms with van der Waals surface area (Å²) in [7, 11) is -2.74. The number of benzene rings is 2. The van der Waals surface area contributed by atoms with E-state index in [0.29, 0.717) is 24.7 Å². The van der Waals surface area contributed by atoms with Crippen LogP contribution < -0.4 is 14.8 Å². The number of methoxy groups -OCH3 is 1. The van der Waals surface area contributed by atoms with E-state index in [4.69, 9.17) is 4.74 Å². The first kappa shape index (κ1) is 25.1. The van der Waals surface area contributed by atoms with Crippen molar-refractivity contribution in [2.45, 2.75) is 31.7 Å². The Balaban J connectivity index is 2.11.